The van der Waals surface area contributed by atoms with E-state index in [1.54, 1.807) is 6.33 Å². The number of nitrogen functional groups attached to an aromatic ring is 1. The highest BCUT2D eigenvalue weighted by Crippen LogP contribution is 2.17. The second-order valence-corrected chi connectivity index (χ2v) is 5.18. The Morgan fingerprint density at radius 1 is 1.14 bits per heavy atom. The number of aromatic nitrogens is 4. The molecule has 0 saturated heterocycles. The van der Waals surface area contributed by atoms with Crippen LogP contribution in [0.1, 0.15) is 5.56 Å². The molecule has 2 aromatic heterocycles. The Hall–Kier alpha value is -3.15. The lowest BCUT2D eigenvalue weighted by atomic mass is 10.1. The first-order valence-corrected chi connectivity index (χ1v) is 6.89. The molecule has 0 radical (unpaired) electrons. The zero-order valence-electron chi connectivity index (χ0n) is 11.7. The molecule has 0 saturated carbocycles. The Bertz CT molecular complexity index is 1050. The first-order chi connectivity index (χ1) is 10.7. The number of fused-ring (bicyclic) bond motifs is 2. The summed E-state index contributed by atoms with van der Waals surface area (Å²) in [6.45, 7) is 0.581. The van der Waals surface area contributed by atoms with Crippen LogP contribution >= 0.6 is 0 Å². The molecule has 0 aliphatic heterocycles. The number of hydrogen-bond acceptors (Lipinski definition) is 4. The predicted molar refractivity (Wildman–Crippen MR) is 85.6 cm³/mol. The van der Waals surface area contributed by atoms with Crippen molar-refractivity contribution in [3.05, 3.63) is 64.7 Å². The lowest BCUT2D eigenvalue weighted by Crippen LogP contribution is -2.12. The quantitative estimate of drug-likeness (QED) is 0.590. The maximum Gasteiger partial charge on any atom is 0.280 e. The van der Waals surface area contributed by atoms with Crippen molar-refractivity contribution in [2.24, 2.45) is 0 Å². The first-order valence-electron chi connectivity index (χ1n) is 6.89. The lowest BCUT2D eigenvalue weighted by Gasteiger charge is -2.06. The van der Waals surface area contributed by atoms with Crippen molar-refractivity contribution in [2.75, 3.05) is 5.73 Å². The van der Waals surface area contributed by atoms with Gasteiger partial charge in [-0.05, 0) is 22.4 Å². The summed E-state index contributed by atoms with van der Waals surface area (Å²) in [7, 11) is 0. The van der Waals surface area contributed by atoms with Crippen molar-refractivity contribution in [3.63, 3.8) is 0 Å². The molecule has 4 aromatic rings. The summed E-state index contributed by atoms with van der Waals surface area (Å²) in [6, 6.07) is 14.4. The van der Waals surface area contributed by atoms with Gasteiger partial charge >= 0.3 is 0 Å². The molecule has 0 atom stereocenters. The molecular weight excluding hydrogens is 278 g/mol. The molecule has 0 spiro atoms. The molecule has 0 unspecified atom stereocenters. The van der Waals surface area contributed by atoms with Crippen molar-refractivity contribution in [1.29, 1.82) is 0 Å². The van der Waals surface area contributed by atoms with E-state index in [0.717, 1.165) is 5.56 Å². The van der Waals surface area contributed by atoms with Gasteiger partial charge < -0.3 is 10.3 Å². The van der Waals surface area contributed by atoms with Gasteiger partial charge in [0, 0.05) is 0 Å². The third-order valence-corrected chi connectivity index (χ3v) is 3.66. The van der Waals surface area contributed by atoms with Crippen LogP contribution < -0.4 is 11.3 Å². The van der Waals surface area contributed by atoms with E-state index in [9.17, 15) is 4.79 Å². The van der Waals surface area contributed by atoms with Crippen molar-refractivity contribution in [3.8, 4) is 0 Å². The van der Waals surface area contributed by atoms with Gasteiger partial charge in [-0.3, -0.25) is 9.78 Å². The average molecular weight is 291 g/mol. The third-order valence-electron chi connectivity index (χ3n) is 3.66. The van der Waals surface area contributed by atoms with Gasteiger partial charge in [0.25, 0.3) is 5.56 Å². The zero-order chi connectivity index (χ0) is 15.1. The normalized spacial score (nSPS) is 11.3. The number of rotatable bonds is 2. The van der Waals surface area contributed by atoms with Crippen LogP contribution in [0.5, 0.6) is 0 Å². The van der Waals surface area contributed by atoms with Crippen LogP contribution in [0, 0.1) is 0 Å². The predicted octanol–water partition coefficient (Wildman–Crippen LogP) is 1.90. The van der Waals surface area contributed by atoms with Gasteiger partial charge in [-0.1, -0.05) is 36.4 Å². The number of nitrogens with one attached hydrogen (secondary N) is 1. The van der Waals surface area contributed by atoms with E-state index in [2.05, 4.69) is 45.3 Å². The number of imidazole rings is 1. The van der Waals surface area contributed by atoms with Crippen LogP contribution in [0.3, 0.4) is 0 Å². The smallest absolute Gasteiger partial charge is 0.280 e. The summed E-state index contributed by atoms with van der Waals surface area (Å²) in [5.74, 6) is 0.0951. The minimum Gasteiger partial charge on any atom is -0.369 e. The molecule has 0 aliphatic rings. The Labute approximate surface area is 125 Å². The number of H-pyrrole nitrogens is 1. The standard InChI is InChI=1S/C16H13N5O/c17-16-19-14-13(15(22)20-16)18-9-21(14)8-10-5-6-11-3-1-2-4-12(11)7-10/h1-7,9H,8H2,(H3,17,19,20,22). The minimum atomic E-state index is -0.320. The third kappa shape index (κ3) is 2.01. The van der Waals surface area contributed by atoms with E-state index in [1.165, 1.54) is 10.8 Å². The average Bonchev–Trinajstić information content (AvgIpc) is 2.90. The topological polar surface area (TPSA) is 89.6 Å². The van der Waals surface area contributed by atoms with E-state index < -0.39 is 0 Å². The second kappa shape index (κ2) is 4.70. The van der Waals surface area contributed by atoms with Crippen LogP contribution in [0.15, 0.2) is 53.6 Å². The fourth-order valence-corrected chi connectivity index (χ4v) is 2.62. The number of nitrogens with two attached hydrogens (primary N) is 1. The van der Waals surface area contributed by atoms with E-state index in [-0.39, 0.29) is 11.5 Å². The van der Waals surface area contributed by atoms with Crippen LogP contribution in [0.25, 0.3) is 21.9 Å². The Morgan fingerprint density at radius 2 is 1.95 bits per heavy atom. The van der Waals surface area contributed by atoms with Gasteiger partial charge in [0.2, 0.25) is 5.95 Å². The monoisotopic (exact) mass is 291 g/mol. The second-order valence-electron chi connectivity index (χ2n) is 5.18. The largest absolute Gasteiger partial charge is 0.369 e. The van der Waals surface area contributed by atoms with Gasteiger partial charge in [0.1, 0.15) is 0 Å². The molecule has 0 aliphatic carbocycles. The number of aromatic amines is 1. The van der Waals surface area contributed by atoms with Crippen LogP contribution in [0.4, 0.5) is 5.95 Å². The van der Waals surface area contributed by atoms with E-state index >= 15 is 0 Å². The summed E-state index contributed by atoms with van der Waals surface area (Å²) in [5, 5.41) is 2.37. The maximum absolute atomic E-state index is 11.8. The summed E-state index contributed by atoms with van der Waals surface area (Å²) in [6.07, 6.45) is 1.61. The van der Waals surface area contributed by atoms with E-state index in [1.807, 2.05) is 16.7 Å². The Kier molecular flexibility index (Phi) is 2.69. The lowest BCUT2D eigenvalue weighted by molar-refractivity contribution is 0.815. The van der Waals surface area contributed by atoms with Crippen LogP contribution in [0.2, 0.25) is 0 Å². The molecule has 4 rings (SSSR count). The molecule has 0 fully saturated rings. The molecular formula is C16H13N5O. The van der Waals surface area contributed by atoms with Gasteiger partial charge in [-0.2, -0.15) is 4.98 Å². The van der Waals surface area contributed by atoms with Crippen molar-refractivity contribution < 1.29 is 0 Å². The molecule has 3 N–H and O–H groups in total. The van der Waals surface area contributed by atoms with Gasteiger partial charge in [-0.15, -0.1) is 0 Å². The van der Waals surface area contributed by atoms with Crippen molar-refractivity contribution >= 4 is 27.9 Å². The van der Waals surface area contributed by atoms with Gasteiger partial charge in [-0.25, -0.2) is 4.98 Å². The SMILES string of the molecule is Nc1nc2c(ncn2Cc2ccc3ccccc3c2)c(=O)[nH]1. The summed E-state index contributed by atoms with van der Waals surface area (Å²) in [5.41, 5.74) is 7.20. The highest BCUT2D eigenvalue weighted by molar-refractivity contribution is 5.83. The van der Waals surface area contributed by atoms with Crippen molar-refractivity contribution in [1.82, 2.24) is 19.5 Å². The molecule has 2 aromatic carbocycles. The van der Waals surface area contributed by atoms with Gasteiger partial charge in [0.15, 0.2) is 11.2 Å². The number of nitrogens with zero attached hydrogens (tertiary/aromatic N) is 3. The number of benzene rings is 2. The summed E-state index contributed by atoms with van der Waals surface area (Å²) in [4.78, 5) is 22.5. The van der Waals surface area contributed by atoms with Crippen LogP contribution in [-0.4, -0.2) is 19.5 Å². The Balaban J connectivity index is 1.80. The maximum atomic E-state index is 11.8. The molecule has 0 amide bonds. The number of anilines is 1. The highest BCUT2D eigenvalue weighted by Gasteiger charge is 2.09. The van der Waals surface area contributed by atoms with Gasteiger partial charge in [0.05, 0.1) is 12.9 Å². The van der Waals surface area contributed by atoms with Crippen molar-refractivity contribution in [2.45, 2.75) is 6.54 Å². The fraction of sp³-hybridized carbons (Fsp3) is 0.0625. The molecule has 108 valence electrons. The zero-order valence-corrected chi connectivity index (χ0v) is 11.7. The molecule has 2 heterocycles. The van der Waals surface area contributed by atoms with E-state index in [0.29, 0.717) is 17.7 Å². The fourth-order valence-electron chi connectivity index (χ4n) is 2.62. The molecule has 0 bridgehead atoms. The van der Waals surface area contributed by atoms with E-state index in [4.69, 9.17) is 5.73 Å². The van der Waals surface area contributed by atoms with Crippen LogP contribution in [-0.2, 0) is 6.54 Å². The molecule has 22 heavy (non-hydrogen) atoms. The molecule has 6 heteroatoms. The summed E-state index contributed by atoms with van der Waals surface area (Å²) >= 11 is 0. The number of hydrogen-bond donors (Lipinski definition) is 2. The molecule has 6 nitrogen and oxygen atoms in total. The first kappa shape index (κ1) is 12.6. The minimum absolute atomic E-state index is 0.0951. The highest BCUT2D eigenvalue weighted by atomic mass is 16.1. The summed E-state index contributed by atoms with van der Waals surface area (Å²) < 4.78 is 1.82. The Morgan fingerprint density at radius 3 is 2.82 bits per heavy atom.